The third-order valence-electron chi connectivity index (χ3n) is 12.0. The van der Waals surface area contributed by atoms with E-state index in [1.807, 2.05) is 24.8 Å². The number of carbonyl (C=O) groups is 2. The van der Waals surface area contributed by atoms with Crippen molar-refractivity contribution in [1.29, 1.82) is 0 Å². The van der Waals surface area contributed by atoms with Crippen LogP contribution in [0.2, 0.25) is 0 Å². The van der Waals surface area contributed by atoms with Crippen LogP contribution in [0, 0.1) is 11.3 Å². The zero-order valence-electron chi connectivity index (χ0n) is 24.8. The fraction of sp³-hybridized carbons (Fsp3) is 0.636. The predicted molar refractivity (Wildman–Crippen MR) is 153 cm³/mol. The van der Waals surface area contributed by atoms with Crippen LogP contribution in [0.4, 0.5) is 0 Å². The van der Waals surface area contributed by atoms with Gasteiger partial charge in [-0.1, -0.05) is 32.0 Å². The topological polar surface area (TPSA) is 110 Å². The van der Waals surface area contributed by atoms with Gasteiger partial charge in [-0.2, -0.15) is 0 Å². The van der Waals surface area contributed by atoms with Crippen LogP contribution in [-0.4, -0.2) is 88.8 Å². The van der Waals surface area contributed by atoms with Crippen molar-refractivity contribution in [3.63, 3.8) is 0 Å². The molecule has 4 fully saturated rings. The van der Waals surface area contributed by atoms with Crippen molar-refractivity contribution in [2.75, 3.05) is 32.8 Å². The molecule has 1 aromatic carbocycles. The molecule has 1 aromatic heterocycles. The van der Waals surface area contributed by atoms with Crippen molar-refractivity contribution in [1.82, 2.24) is 9.88 Å². The van der Waals surface area contributed by atoms with Gasteiger partial charge in [-0.05, 0) is 56.7 Å². The van der Waals surface area contributed by atoms with Crippen LogP contribution in [0.25, 0.3) is 10.9 Å². The van der Waals surface area contributed by atoms with E-state index in [2.05, 4.69) is 37.0 Å². The molecule has 224 valence electrons. The summed E-state index contributed by atoms with van der Waals surface area (Å²) in [7, 11) is 0. The van der Waals surface area contributed by atoms with Crippen molar-refractivity contribution in [2.24, 2.45) is 11.3 Å². The Balaban J connectivity index is 1.27. The summed E-state index contributed by atoms with van der Waals surface area (Å²) in [6.45, 7) is 10.7. The van der Waals surface area contributed by atoms with Crippen LogP contribution in [-0.2, 0) is 40.4 Å². The van der Waals surface area contributed by atoms with Crippen molar-refractivity contribution in [3.05, 3.63) is 47.2 Å². The monoisotopic (exact) mass is 576 g/mol. The van der Waals surface area contributed by atoms with E-state index in [1.165, 1.54) is 10.9 Å². The number of morpholine rings is 1. The second-order valence-corrected chi connectivity index (χ2v) is 14.2. The number of aromatic amines is 1. The van der Waals surface area contributed by atoms with Gasteiger partial charge in [0, 0.05) is 52.5 Å². The van der Waals surface area contributed by atoms with Gasteiger partial charge >= 0.3 is 5.97 Å². The smallest absolute Gasteiger partial charge is 0.320 e. The molecule has 2 saturated heterocycles. The van der Waals surface area contributed by atoms with E-state index < -0.39 is 40.0 Å². The minimum Gasteiger partial charge on any atom is -0.458 e. The molecule has 4 heterocycles. The zero-order chi connectivity index (χ0) is 29.3. The first-order valence-corrected chi connectivity index (χ1v) is 15.4. The molecule has 42 heavy (non-hydrogen) atoms. The number of para-hydroxylation sites is 1. The standard InChI is InChI=1S/C33H40N2O7/c1-29(2)28-23(36)17-24-32(41-28,42-29)10-9-30(3)31(4)19(15-21-20-7-5-6-8-22(20)34-27(21)31)16-25(33(24,30)38)40-26(37)18-35-11-13-39-14-12-35/h5-8,17,19,25,28,34,38H,9-16,18H2,1-4H3/t19-,25+,28+,30-,31-,32?,33+/m1/s1. The molecule has 1 spiro atoms. The number of aliphatic hydroxyl groups is 1. The molecular weight excluding hydrogens is 536 g/mol. The van der Waals surface area contributed by atoms with Crippen LogP contribution in [0.15, 0.2) is 35.9 Å². The van der Waals surface area contributed by atoms with Gasteiger partial charge in [-0.3, -0.25) is 14.5 Å². The van der Waals surface area contributed by atoms with Crippen LogP contribution >= 0.6 is 0 Å². The lowest BCUT2D eigenvalue weighted by molar-refractivity contribution is -0.277. The lowest BCUT2D eigenvalue weighted by Gasteiger charge is -2.67. The molecule has 2 N–H and O–H groups in total. The highest BCUT2D eigenvalue weighted by Gasteiger charge is 2.78. The summed E-state index contributed by atoms with van der Waals surface area (Å²) < 4.78 is 24.8. The maximum atomic E-state index is 13.5. The predicted octanol–water partition coefficient (Wildman–Crippen LogP) is 3.18. The first-order chi connectivity index (χ1) is 19.9. The van der Waals surface area contributed by atoms with Gasteiger partial charge in [-0.25, -0.2) is 0 Å². The first-order valence-electron chi connectivity index (χ1n) is 15.4. The third-order valence-corrected chi connectivity index (χ3v) is 12.0. The van der Waals surface area contributed by atoms with E-state index in [9.17, 15) is 14.7 Å². The number of aromatic nitrogens is 1. The normalized spacial score (nSPS) is 42.0. The quantitative estimate of drug-likeness (QED) is 0.537. The second-order valence-electron chi connectivity index (χ2n) is 14.2. The van der Waals surface area contributed by atoms with E-state index in [-0.39, 0.29) is 24.2 Å². The number of rotatable bonds is 3. The number of esters is 1. The third kappa shape index (κ3) is 3.21. The van der Waals surface area contributed by atoms with Crippen molar-refractivity contribution in [2.45, 2.75) is 88.0 Å². The molecule has 0 amide bonds. The van der Waals surface area contributed by atoms with Gasteiger partial charge in [0.1, 0.15) is 17.3 Å². The van der Waals surface area contributed by atoms with Crippen molar-refractivity contribution in [3.8, 4) is 0 Å². The van der Waals surface area contributed by atoms with Crippen LogP contribution in [0.5, 0.6) is 0 Å². The molecular formula is C33H40N2O7. The maximum Gasteiger partial charge on any atom is 0.320 e. The van der Waals surface area contributed by atoms with E-state index in [0.29, 0.717) is 51.1 Å². The highest BCUT2D eigenvalue weighted by atomic mass is 16.8. The highest BCUT2D eigenvalue weighted by Crippen LogP contribution is 2.72. The number of benzene rings is 1. The Morgan fingerprint density at radius 1 is 1.14 bits per heavy atom. The Morgan fingerprint density at radius 3 is 2.69 bits per heavy atom. The summed E-state index contributed by atoms with van der Waals surface area (Å²) >= 11 is 0. The number of carbonyl (C=O) groups excluding carboxylic acids is 2. The van der Waals surface area contributed by atoms with Gasteiger partial charge in [0.05, 0.1) is 19.8 Å². The van der Waals surface area contributed by atoms with Gasteiger partial charge in [-0.15, -0.1) is 0 Å². The first kappa shape index (κ1) is 27.0. The van der Waals surface area contributed by atoms with Crippen molar-refractivity contribution >= 4 is 22.7 Å². The molecule has 3 aliphatic carbocycles. The van der Waals surface area contributed by atoms with Gasteiger partial charge < -0.3 is 29.0 Å². The van der Waals surface area contributed by atoms with Gasteiger partial charge in [0.2, 0.25) is 0 Å². The maximum absolute atomic E-state index is 13.5. The molecule has 2 saturated carbocycles. The number of H-pyrrole nitrogens is 1. The molecule has 9 nitrogen and oxygen atoms in total. The number of ketones is 1. The molecule has 7 atom stereocenters. The summed E-state index contributed by atoms with van der Waals surface area (Å²) in [5.41, 5.74) is 0.0623. The largest absolute Gasteiger partial charge is 0.458 e. The zero-order valence-corrected chi connectivity index (χ0v) is 24.8. The second kappa shape index (κ2) is 8.54. The summed E-state index contributed by atoms with van der Waals surface area (Å²) in [6, 6.07) is 8.35. The average molecular weight is 577 g/mol. The molecule has 0 radical (unpaired) electrons. The lowest BCUT2D eigenvalue weighted by atomic mass is 9.41. The molecule has 2 aromatic rings. The number of hydrogen-bond acceptors (Lipinski definition) is 8. The summed E-state index contributed by atoms with van der Waals surface area (Å²) in [4.78, 5) is 32.8. The van der Waals surface area contributed by atoms with E-state index in [4.69, 9.17) is 18.9 Å². The van der Waals surface area contributed by atoms with E-state index in [1.54, 1.807) is 6.08 Å². The van der Waals surface area contributed by atoms with Crippen LogP contribution < -0.4 is 0 Å². The minimum atomic E-state index is -1.70. The Kier molecular flexibility index (Phi) is 5.49. The Labute approximate surface area is 245 Å². The fourth-order valence-corrected chi connectivity index (χ4v) is 9.67. The van der Waals surface area contributed by atoms with Crippen LogP contribution in [0.3, 0.4) is 0 Å². The number of ether oxygens (including phenoxy) is 4. The molecule has 8 rings (SSSR count). The van der Waals surface area contributed by atoms with Crippen molar-refractivity contribution < 1.29 is 33.6 Å². The molecule has 6 aliphatic rings. The fourth-order valence-electron chi connectivity index (χ4n) is 9.67. The molecule has 3 aliphatic heterocycles. The Hall–Kier alpha value is -2.56. The number of hydrogen-bond donors (Lipinski definition) is 2. The van der Waals surface area contributed by atoms with Gasteiger partial charge in [0.25, 0.3) is 0 Å². The Bertz CT molecular complexity index is 1540. The summed E-state index contributed by atoms with van der Waals surface area (Å²) in [5.74, 6) is -1.71. The Morgan fingerprint density at radius 2 is 1.90 bits per heavy atom. The summed E-state index contributed by atoms with van der Waals surface area (Å²) in [6.07, 6.45) is 2.30. The lowest BCUT2D eigenvalue weighted by Crippen LogP contribution is -2.75. The number of fused-ring (bicyclic) bond motifs is 9. The van der Waals surface area contributed by atoms with E-state index in [0.717, 1.165) is 17.6 Å². The SMILES string of the molecule is CC1(C)OC23CC[C@]4(C)[C@@]5(C)c6[nH]c7ccccc7c6C[C@@H]5C[C@H](OC(=O)CN5CCOCC5)[C@@]4(O)C2=CC(=O)[C@@H]1O3. The number of nitrogens with zero attached hydrogens (tertiary/aromatic N) is 1. The van der Waals surface area contributed by atoms with E-state index >= 15 is 0 Å². The summed E-state index contributed by atoms with van der Waals surface area (Å²) in [5, 5.41) is 14.6. The number of nitrogens with one attached hydrogen (secondary N) is 1. The molecule has 1 unspecified atom stereocenters. The molecule has 2 bridgehead atoms. The average Bonchev–Trinajstić information content (AvgIpc) is 3.54. The van der Waals surface area contributed by atoms with Gasteiger partial charge in [0.15, 0.2) is 17.7 Å². The minimum absolute atomic E-state index is 0.123. The van der Waals surface area contributed by atoms with Crippen LogP contribution in [0.1, 0.15) is 58.2 Å². The molecule has 9 heteroatoms. The highest BCUT2D eigenvalue weighted by molar-refractivity contribution is 5.97.